The molecule has 7 nitrogen and oxygen atoms in total. The van der Waals surface area contributed by atoms with Gasteiger partial charge in [-0.05, 0) is 68.1 Å². The number of halogens is 1. The van der Waals surface area contributed by atoms with Crippen molar-refractivity contribution < 1.29 is 17.6 Å². The van der Waals surface area contributed by atoms with Gasteiger partial charge in [-0.25, -0.2) is 22.8 Å². The van der Waals surface area contributed by atoms with Crippen molar-refractivity contribution in [3.05, 3.63) is 59.0 Å². The van der Waals surface area contributed by atoms with E-state index in [1.54, 1.807) is 24.3 Å². The highest BCUT2D eigenvalue weighted by Crippen LogP contribution is 2.26. The number of hydrogen-bond acceptors (Lipinski definition) is 6. The SMILES string of the molecule is Cc1ccc(F)cc1CNC(=O)C1CCN(c2nc(C)c3ccc(S(C)(=O)=O)cc3n2)CC1. The summed E-state index contributed by atoms with van der Waals surface area (Å²) in [4.78, 5) is 24.1. The van der Waals surface area contributed by atoms with E-state index in [1.165, 1.54) is 18.4 Å². The summed E-state index contributed by atoms with van der Waals surface area (Å²) in [5.41, 5.74) is 3.08. The number of nitrogens with one attached hydrogen (secondary N) is 1. The molecular weight excluding hydrogens is 443 g/mol. The Hall–Kier alpha value is -3.07. The molecule has 0 unspecified atom stereocenters. The minimum absolute atomic E-state index is 0.0354. The standard InChI is InChI=1S/C24H27FN4O3S/c1-15-4-5-19(25)12-18(15)14-26-23(30)17-8-10-29(11-9-17)24-27-16(2)21-7-6-20(33(3,31)32)13-22(21)28-24/h4-7,12-13,17H,8-11,14H2,1-3H3,(H,26,30). The summed E-state index contributed by atoms with van der Waals surface area (Å²) in [6.45, 7) is 5.31. The van der Waals surface area contributed by atoms with Gasteiger partial charge in [0.1, 0.15) is 5.82 Å². The van der Waals surface area contributed by atoms with E-state index in [0.717, 1.165) is 22.2 Å². The molecule has 1 saturated heterocycles. The number of anilines is 1. The predicted octanol–water partition coefficient (Wildman–Crippen LogP) is 3.32. The summed E-state index contributed by atoms with van der Waals surface area (Å²) >= 11 is 0. The largest absolute Gasteiger partial charge is 0.352 e. The molecule has 1 aliphatic rings. The molecule has 0 atom stereocenters. The molecule has 0 bridgehead atoms. The van der Waals surface area contributed by atoms with Gasteiger partial charge in [0.2, 0.25) is 11.9 Å². The summed E-state index contributed by atoms with van der Waals surface area (Å²) in [5.74, 6) is 0.0626. The monoisotopic (exact) mass is 470 g/mol. The van der Waals surface area contributed by atoms with Crippen LogP contribution < -0.4 is 10.2 Å². The highest BCUT2D eigenvalue weighted by atomic mass is 32.2. The Morgan fingerprint density at radius 3 is 2.55 bits per heavy atom. The topological polar surface area (TPSA) is 92.3 Å². The van der Waals surface area contributed by atoms with Gasteiger partial charge in [0.15, 0.2) is 9.84 Å². The van der Waals surface area contributed by atoms with Crippen LogP contribution >= 0.6 is 0 Å². The molecule has 33 heavy (non-hydrogen) atoms. The van der Waals surface area contributed by atoms with Crippen LogP contribution in [0.4, 0.5) is 10.3 Å². The van der Waals surface area contributed by atoms with E-state index >= 15 is 0 Å². The number of sulfone groups is 1. The van der Waals surface area contributed by atoms with Crippen LogP contribution in [0.25, 0.3) is 10.9 Å². The summed E-state index contributed by atoms with van der Waals surface area (Å²) in [6, 6.07) is 9.46. The zero-order valence-electron chi connectivity index (χ0n) is 18.9. The molecule has 0 aliphatic carbocycles. The van der Waals surface area contributed by atoms with E-state index < -0.39 is 9.84 Å². The molecule has 1 fully saturated rings. The van der Waals surface area contributed by atoms with E-state index in [4.69, 9.17) is 0 Å². The Balaban J connectivity index is 1.42. The van der Waals surface area contributed by atoms with Crippen LogP contribution in [0.15, 0.2) is 41.3 Å². The van der Waals surface area contributed by atoms with Crippen LogP contribution in [0.3, 0.4) is 0 Å². The van der Waals surface area contributed by atoms with Crippen LogP contribution in [0.5, 0.6) is 0 Å². The third-order valence-electron chi connectivity index (χ3n) is 6.19. The number of nitrogens with zero attached hydrogens (tertiary/aromatic N) is 3. The summed E-state index contributed by atoms with van der Waals surface area (Å²) in [5, 5.41) is 3.75. The quantitative estimate of drug-likeness (QED) is 0.615. The molecule has 9 heteroatoms. The second kappa shape index (κ2) is 9.05. The second-order valence-electron chi connectivity index (χ2n) is 8.61. The molecule has 174 valence electrons. The van der Waals surface area contributed by atoms with Crippen LogP contribution in [0.1, 0.15) is 29.7 Å². The third kappa shape index (κ3) is 5.13. The molecule has 1 N–H and O–H groups in total. The van der Waals surface area contributed by atoms with Gasteiger partial charge >= 0.3 is 0 Å². The van der Waals surface area contributed by atoms with Crippen molar-refractivity contribution in [2.75, 3.05) is 24.2 Å². The lowest BCUT2D eigenvalue weighted by Gasteiger charge is -2.31. The average molecular weight is 471 g/mol. The van der Waals surface area contributed by atoms with Crippen molar-refractivity contribution in [1.29, 1.82) is 0 Å². The molecule has 0 saturated carbocycles. The van der Waals surface area contributed by atoms with Gasteiger partial charge in [-0.2, -0.15) is 0 Å². The number of aryl methyl sites for hydroxylation is 2. The predicted molar refractivity (Wildman–Crippen MR) is 125 cm³/mol. The van der Waals surface area contributed by atoms with E-state index in [1.807, 2.05) is 18.7 Å². The number of benzene rings is 2. The molecule has 0 radical (unpaired) electrons. The van der Waals surface area contributed by atoms with Crippen LogP contribution in [-0.2, 0) is 21.2 Å². The number of carbonyl (C=O) groups excluding carboxylic acids is 1. The van der Waals surface area contributed by atoms with E-state index in [0.29, 0.717) is 43.9 Å². The number of fused-ring (bicyclic) bond motifs is 1. The zero-order valence-corrected chi connectivity index (χ0v) is 19.7. The van der Waals surface area contributed by atoms with Gasteiger partial charge < -0.3 is 10.2 Å². The fourth-order valence-corrected chi connectivity index (χ4v) is 4.76. The number of aromatic nitrogens is 2. The van der Waals surface area contributed by atoms with E-state index in [-0.39, 0.29) is 22.5 Å². The Bertz CT molecular complexity index is 1320. The minimum Gasteiger partial charge on any atom is -0.352 e. The molecule has 1 amide bonds. The molecule has 2 aromatic carbocycles. The van der Waals surface area contributed by atoms with Crippen LogP contribution in [-0.4, -0.2) is 43.6 Å². The van der Waals surface area contributed by atoms with Gasteiger partial charge in [-0.15, -0.1) is 0 Å². The Kier molecular flexibility index (Phi) is 6.34. The lowest BCUT2D eigenvalue weighted by Crippen LogP contribution is -2.41. The van der Waals surface area contributed by atoms with E-state index in [9.17, 15) is 17.6 Å². The Morgan fingerprint density at radius 1 is 1.12 bits per heavy atom. The van der Waals surface area contributed by atoms with Crippen molar-refractivity contribution in [2.45, 2.75) is 38.1 Å². The second-order valence-corrected chi connectivity index (χ2v) is 10.6. The fraction of sp³-hybridized carbons (Fsp3) is 0.375. The van der Waals surface area contributed by atoms with Crippen molar-refractivity contribution in [1.82, 2.24) is 15.3 Å². The average Bonchev–Trinajstić information content (AvgIpc) is 2.78. The highest BCUT2D eigenvalue weighted by molar-refractivity contribution is 7.90. The van der Waals surface area contributed by atoms with E-state index in [2.05, 4.69) is 15.3 Å². The number of piperidine rings is 1. The van der Waals surface area contributed by atoms with Gasteiger partial charge in [0.25, 0.3) is 0 Å². The molecular formula is C24H27FN4O3S. The molecule has 1 aliphatic heterocycles. The van der Waals surface area contributed by atoms with Crippen molar-refractivity contribution in [3.8, 4) is 0 Å². The Labute approximate surface area is 193 Å². The number of amides is 1. The van der Waals surface area contributed by atoms with Crippen LogP contribution in [0.2, 0.25) is 0 Å². The highest BCUT2D eigenvalue weighted by Gasteiger charge is 2.26. The fourth-order valence-electron chi connectivity index (χ4n) is 4.12. The maximum absolute atomic E-state index is 13.5. The summed E-state index contributed by atoms with van der Waals surface area (Å²) < 4.78 is 37.3. The third-order valence-corrected chi connectivity index (χ3v) is 7.30. The van der Waals surface area contributed by atoms with Gasteiger partial charge in [-0.1, -0.05) is 6.07 Å². The zero-order chi connectivity index (χ0) is 23.8. The summed E-state index contributed by atoms with van der Waals surface area (Å²) in [7, 11) is -3.33. The van der Waals surface area contributed by atoms with Crippen molar-refractivity contribution >= 4 is 32.6 Å². The van der Waals surface area contributed by atoms with Crippen LogP contribution in [0, 0.1) is 25.6 Å². The first-order chi connectivity index (χ1) is 15.6. The summed E-state index contributed by atoms with van der Waals surface area (Å²) in [6.07, 6.45) is 2.48. The maximum atomic E-state index is 13.5. The van der Waals surface area contributed by atoms with Gasteiger partial charge in [0, 0.05) is 37.2 Å². The smallest absolute Gasteiger partial charge is 0.226 e. The normalized spacial score (nSPS) is 15.1. The minimum atomic E-state index is -3.33. The lowest BCUT2D eigenvalue weighted by atomic mass is 9.96. The molecule has 2 heterocycles. The molecule has 1 aromatic heterocycles. The van der Waals surface area contributed by atoms with Gasteiger partial charge in [0.05, 0.1) is 16.1 Å². The number of rotatable bonds is 5. The lowest BCUT2D eigenvalue weighted by molar-refractivity contribution is -0.125. The Morgan fingerprint density at radius 2 is 1.85 bits per heavy atom. The molecule has 4 rings (SSSR count). The van der Waals surface area contributed by atoms with Gasteiger partial charge in [-0.3, -0.25) is 4.79 Å². The first-order valence-corrected chi connectivity index (χ1v) is 12.8. The first kappa shape index (κ1) is 23.1. The number of carbonyl (C=O) groups is 1. The maximum Gasteiger partial charge on any atom is 0.226 e. The van der Waals surface area contributed by atoms with Crippen molar-refractivity contribution in [2.24, 2.45) is 5.92 Å². The van der Waals surface area contributed by atoms with Crippen molar-refractivity contribution in [3.63, 3.8) is 0 Å². The molecule has 3 aromatic rings. The number of hydrogen-bond donors (Lipinski definition) is 1. The first-order valence-electron chi connectivity index (χ1n) is 10.9. The molecule has 0 spiro atoms.